The molecule has 5 rings (SSSR count). The molecule has 0 amide bonds. The summed E-state index contributed by atoms with van der Waals surface area (Å²) in [5, 5.41) is 3.50. The second-order valence-corrected chi connectivity index (χ2v) is 16.2. The molecule has 0 spiro atoms. The molecule has 0 saturated carbocycles. The number of benzene rings is 5. The fourth-order valence-corrected chi connectivity index (χ4v) is 11.2. The molecule has 0 aromatic heterocycles. The Morgan fingerprint density at radius 2 is 0.795 bits per heavy atom. The van der Waals surface area contributed by atoms with E-state index in [2.05, 4.69) is 115 Å². The van der Waals surface area contributed by atoms with Crippen LogP contribution in [0.1, 0.15) is 18.4 Å². The Morgan fingerprint density at radius 3 is 1.21 bits per heavy atom. The summed E-state index contributed by atoms with van der Waals surface area (Å²) in [6, 6.07) is 50.2. The average Bonchev–Trinajstić information content (AvgIpc) is 3.01. The van der Waals surface area contributed by atoms with E-state index < -0.39 is 5.96 Å². The van der Waals surface area contributed by atoms with Crippen molar-refractivity contribution in [3.8, 4) is 11.5 Å². The van der Waals surface area contributed by atoms with Gasteiger partial charge in [0.15, 0.2) is 0 Å². The van der Waals surface area contributed by atoms with Crippen LogP contribution in [0.4, 0.5) is 0 Å². The molecule has 2 nitrogen and oxygen atoms in total. The van der Waals surface area contributed by atoms with E-state index in [0.717, 1.165) is 24.3 Å². The number of ether oxygens (including phenoxy) is 2. The Bertz CT molecular complexity index is 1330. The summed E-state index contributed by atoms with van der Waals surface area (Å²) in [7, 11) is 0. The van der Waals surface area contributed by atoms with Gasteiger partial charge >= 0.3 is 207 Å². The number of unbranched alkanes of at least 4 members (excludes halogenated alkanes) is 1. The maximum atomic E-state index is 8.21. The minimum atomic E-state index is -3.35. The van der Waals surface area contributed by atoms with Crippen LogP contribution in [0.3, 0.4) is 0 Å². The quantitative estimate of drug-likeness (QED) is 0.115. The van der Waals surface area contributed by atoms with Crippen LogP contribution in [-0.4, -0.2) is 13.2 Å². The van der Waals surface area contributed by atoms with Crippen LogP contribution < -0.4 is 25.4 Å². The summed E-state index contributed by atoms with van der Waals surface area (Å²) in [5.74, 6) is -1.57. The zero-order valence-electron chi connectivity index (χ0n) is 22.0. The first-order valence-corrected chi connectivity index (χ1v) is 16.8. The third-order valence-electron chi connectivity index (χ3n) is 7.11. The number of para-hydroxylation sites is 1. The van der Waals surface area contributed by atoms with E-state index in [1.807, 2.05) is 30.3 Å². The molecule has 0 radical (unpaired) electrons. The van der Waals surface area contributed by atoms with Crippen molar-refractivity contribution in [2.75, 3.05) is 13.2 Å². The van der Waals surface area contributed by atoms with Crippen molar-refractivity contribution in [3.05, 3.63) is 151 Å². The SMILES string of the molecule is ClP(Cc1ccc(OCCCCOc2ccccc2)cc1)(c1ccccc1)(c1ccccc1)c1ccccc1. The molecule has 0 fully saturated rings. The van der Waals surface area contributed by atoms with Gasteiger partial charge in [0.05, 0.1) is 0 Å². The molecule has 0 unspecified atom stereocenters. The monoisotopic (exact) mass is 552 g/mol. The molecular formula is C35H34ClO2P. The van der Waals surface area contributed by atoms with Gasteiger partial charge in [-0.2, -0.15) is 0 Å². The van der Waals surface area contributed by atoms with Crippen molar-refractivity contribution in [1.82, 2.24) is 0 Å². The van der Waals surface area contributed by atoms with Gasteiger partial charge in [0.25, 0.3) is 0 Å². The van der Waals surface area contributed by atoms with Gasteiger partial charge < -0.3 is 0 Å². The molecule has 0 atom stereocenters. The molecule has 198 valence electrons. The van der Waals surface area contributed by atoms with Gasteiger partial charge in [-0.05, 0) is 12.1 Å². The predicted octanol–water partition coefficient (Wildman–Crippen LogP) is 8.11. The van der Waals surface area contributed by atoms with E-state index in [4.69, 9.17) is 20.7 Å². The third kappa shape index (κ3) is 6.04. The van der Waals surface area contributed by atoms with Gasteiger partial charge in [0.1, 0.15) is 0 Å². The van der Waals surface area contributed by atoms with Crippen LogP contribution in [0.2, 0.25) is 0 Å². The first-order chi connectivity index (χ1) is 19.2. The molecule has 0 N–H and O–H groups in total. The van der Waals surface area contributed by atoms with E-state index in [0.29, 0.717) is 19.4 Å². The standard InChI is InChI=1S/C35H34ClO2P/c36-39(33-17-7-2-8-18-33,34-19-9-3-10-20-34,35-21-11-4-12-22-35)29-30-23-25-32(26-24-30)38-28-14-13-27-37-31-15-5-1-6-16-31/h1-12,15-26H,13-14,27-29H2. The van der Waals surface area contributed by atoms with Crippen molar-refractivity contribution in [2.24, 2.45) is 0 Å². The molecule has 0 saturated heterocycles. The molecule has 5 aromatic carbocycles. The van der Waals surface area contributed by atoms with Gasteiger partial charge in [-0.15, -0.1) is 0 Å². The maximum absolute atomic E-state index is 8.21. The van der Waals surface area contributed by atoms with Gasteiger partial charge in [-0.25, -0.2) is 0 Å². The Kier molecular flexibility index (Phi) is 8.67. The summed E-state index contributed by atoms with van der Waals surface area (Å²) in [6.45, 7) is 1.35. The molecule has 4 heteroatoms. The van der Waals surface area contributed by atoms with Crippen molar-refractivity contribution >= 4 is 33.1 Å². The Hall–Kier alpha value is -3.58. The Morgan fingerprint density at radius 1 is 0.436 bits per heavy atom. The number of halogens is 1. The van der Waals surface area contributed by atoms with E-state index in [1.165, 1.54) is 21.5 Å². The zero-order chi connectivity index (χ0) is 26.8. The fourth-order valence-electron chi connectivity index (χ4n) is 5.07. The van der Waals surface area contributed by atoms with Crippen LogP contribution in [0.15, 0.2) is 146 Å². The Balaban J connectivity index is 1.34. The molecule has 0 aliphatic rings. The summed E-state index contributed by atoms with van der Waals surface area (Å²) in [5.41, 5.74) is 1.18. The second-order valence-electron chi connectivity index (χ2n) is 9.71. The molecule has 39 heavy (non-hydrogen) atoms. The van der Waals surface area contributed by atoms with Crippen molar-refractivity contribution in [2.45, 2.75) is 19.0 Å². The van der Waals surface area contributed by atoms with Gasteiger partial charge in [-0.1, -0.05) is 18.2 Å². The average molecular weight is 553 g/mol. The second kappa shape index (κ2) is 12.5. The first kappa shape index (κ1) is 27.0. The molecule has 0 aliphatic heterocycles. The summed E-state index contributed by atoms with van der Waals surface area (Å²) >= 11 is 8.21. The van der Waals surface area contributed by atoms with Gasteiger partial charge in [0.2, 0.25) is 0 Å². The number of hydrogen-bond acceptors (Lipinski definition) is 2. The van der Waals surface area contributed by atoms with E-state index >= 15 is 0 Å². The summed E-state index contributed by atoms with van der Waals surface area (Å²) in [4.78, 5) is 0. The molecule has 0 heterocycles. The molecule has 5 aromatic rings. The Labute approximate surface area is 236 Å². The molecule has 0 bridgehead atoms. The van der Waals surface area contributed by atoms with Gasteiger partial charge in [-0.3, -0.25) is 0 Å². The van der Waals surface area contributed by atoms with Crippen LogP contribution >= 0.6 is 17.2 Å². The van der Waals surface area contributed by atoms with Gasteiger partial charge in [0, 0.05) is 0 Å². The minimum absolute atomic E-state index is 0.657. The van der Waals surface area contributed by atoms with Crippen LogP contribution in [0, 0.1) is 0 Å². The van der Waals surface area contributed by atoms with Crippen molar-refractivity contribution in [3.63, 3.8) is 0 Å². The molecule has 0 aliphatic carbocycles. The topological polar surface area (TPSA) is 18.5 Å². The van der Waals surface area contributed by atoms with Crippen LogP contribution in [-0.2, 0) is 6.16 Å². The van der Waals surface area contributed by atoms with E-state index in [9.17, 15) is 0 Å². The fraction of sp³-hybridized carbons (Fsp3) is 0.143. The van der Waals surface area contributed by atoms with Crippen LogP contribution in [0.5, 0.6) is 11.5 Å². The molecular weight excluding hydrogens is 519 g/mol. The van der Waals surface area contributed by atoms with Crippen molar-refractivity contribution < 1.29 is 9.47 Å². The predicted molar refractivity (Wildman–Crippen MR) is 168 cm³/mol. The zero-order valence-corrected chi connectivity index (χ0v) is 23.7. The summed E-state index contributed by atoms with van der Waals surface area (Å²) in [6.07, 6.45) is 2.59. The van der Waals surface area contributed by atoms with E-state index in [-0.39, 0.29) is 0 Å². The van der Waals surface area contributed by atoms with Crippen molar-refractivity contribution in [1.29, 1.82) is 0 Å². The third-order valence-corrected chi connectivity index (χ3v) is 14.3. The normalized spacial score (nSPS) is 12.3. The number of rotatable bonds is 12. The first-order valence-electron chi connectivity index (χ1n) is 13.5. The van der Waals surface area contributed by atoms with E-state index in [1.54, 1.807) is 0 Å². The van der Waals surface area contributed by atoms with Crippen LogP contribution in [0.25, 0.3) is 0 Å². The summed E-state index contributed by atoms with van der Waals surface area (Å²) < 4.78 is 11.8. The number of hydrogen-bond donors (Lipinski definition) is 0.